The van der Waals surface area contributed by atoms with Crippen LogP contribution < -0.4 is 0 Å². The van der Waals surface area contributed by atoms with E-state index in [-0.39, 0.29) is 5.41 Å². The van der Waals surface area contributed by atoms with Gasteiger partial charge in [-0.15, -0.1) is 0 Å². The minimum Gasteiger partial charge on any atom is -0.212 e. The van der Waals surface area contributed by atoms with Gasteiger partial charge in [-0.25, -0.2) is 4.21 Å². The lowest BCUT2D eigenvalue weighted by Gasteiger charge is -2.37. The molecule has 28 heavy (non-hydrogen) atoms. The van der Waals surface area contributed by atoms with Gasteiger partial charge in [0.15, 0.2) is 0 Å². The molecule has 0 bridgehead atoms. The van der Waals surface area contributed by atoms with Gasteiger partial charge in [-0.2, -0.15) is 0 Å². The summed E-state index contributed by atoms with van der Waals surface area (Å²) in [6, 6.07) is 29.9. The van der Waals surface area contributed by atoms with E-state index in [2.05, 4.69) is 91.9 Å². The van der Waals surface area contributed by atoms with Crippen LogP contribution in [-0.2, 0) is 16.7 Å². The van der Waals surface area contributed by atoms with Crippen LogP contribution in [0.5, 0.6) is 0 Å². The quantitative estimate of drug-likeness (QED) is 0.477. The van der Waals surface area contributed by atoms with E-state index in [9.17, 15) is 4.21 Å². The Kier molecular flexibility index (Phi) is 5.40. The Bertz CT molecular complexity index is 1000. The fraction of sp³-hybridized carbons (Fsp3) is 0.192. The van der Waals surface area contributed by atoms with E-state index in [4.69, 9.17) is 0 Å². The molecule has 140 valence electrons. The van der Waals surface area contributed by atoms with Crippen molar-refractivity contribution in [1.29, 1.82) is 0 Å². The summed E-state index contributed by atoms with van der Waals surface area (Å²) in [5.74, 6) is 0. The Morgan fingerprint density at radius 3 is 1.82 bits per heavy atom. The zero-order valence-electron chi connectivity index (χ0n) is 16.1. The molecule has 0 aliphatic heterocycles. The second kappa shape index (κ2) is 8.12. The molecular formula is C26H24OS. The summed E-state index contributed by atoms with van der Waals surface area (Å²) in [5.41, 5.74) is 5.79. The highest BCUT2D eigenvalue weighted by Gasteiger charge is 2.41. The maximum atomic E-state index is 11.9. The van der Waals surface area contributed by atoms with Crippen molar-refractivity contribution in [3.63, 3.8) is 0 Å². The summed E-state index contributed by atoms with van der Waals surface area (Å²) in [4.78, 5) is 0.818. The maximum absolute atomic E-state index is 11.9. The van der Waals surface area contributed by atoms with Crippen molar-refractivity contribution in [1.82, 2.24) is 0 Å². The summed E-state index contributed by atoms with van der Waals surface area (Å²) in [7, 11) is 0. The van der Waals surface area contributed by atoms with Crippen molar-refractivity contribution < 1.29 is 4.21 Å². The third-order valence-corrected chi connectivity index (χ3v) is 6.26. The third kappa shape index (κ3) is 3.08. The van der Waals surface area contributed by atoms with Gasteiger partial charge in [-0.05, 0) is 34.8 Å². The summed E-state index contributed by atoms with van der Waals surface area (Å²) in [5, 5.41) is 0. The Morgan fingerprint density at radius 1 is 0.750 bits per heavy atom. The fourth-order valence-corrected chi connectivity index (χ4v) is 4.86. The molecule has 1 aliphatic carbocycles. The standard InChI is InChI=1S/C26H24OS/c1-2-3-18-26(20-12-6-4-7-13-20,21-14-8-5-9-15-21)24-19-25(28-27)23-17-11-10-16-22(23)24/h4-17,19H,2-3,18H2,1H3. The molecule has 0 saturated heterocycles. The average Bonchev–Trinajstić information content (AvgIpc) is 3.15. The van der Waals surface area contributed by atoms with Crippen molar-refractivity contribution in [2.24, 2.45) is 0 Å². The van der Waals surface area contributed by atoms with E-state index in [0.29, 0.717) is 11.3 Å². The molecule has 4 rings (SSSR count). The van der Waals surface area contributed by atoms with Crippen LogP contribution in [0, 0.1) is 0 Å². The number of fused-ring (bicyclic) bond motifs is 1. The second-order valence-electron chi connectivity index (χ2n) is 7.29. The number of allylic oxidation sites excluding steroid dienone is 2. The maximum Gasteiger partial charge on any atom is 0.0971 e. The third-order valence-electron chi connectivity index (χ3n) is 5.75. The fourth-order valence-electron chi connectivity index (χ4n) is 4.43. The number of rotatable bonds is 6. The van der Waals surface area contributed by atoms with Crippen molar-refractivity contribution in [2.45, 2.75) is 31.6 Å². The molecule has 2 heteroatoms. The van der Waals surface area contributed by atoms with E-state index in [0.717, 1.165) is 29.7 Å². The molecule has 0 aromatic heterocycles. The Balaban J connectivity index is 2.05. The first kappa shape index (κ1) is 18.6. The van der Waals surface area contributed by atoms with Gasteiger partial charge in [-0.3, -0.25) is 0 Å². The number of unbranched alkanes of at least 4 members (excludes halogenated alkanes) is 1. The van der Waals surface area contributed by atoms with Crippen molar-refractivity contribution in [3.8, 4) is 0 Å². The Labute approximate surface area is 170 Å². The smallest absolute Gasteiger partial charge is 0.0971 e. The van der Waals surface area contributed by atoms with Gasteiger partial charge in [0, 0.05) is 11.0 Å². The van der Waals surface area contributed by atoms with Gasteiger partial charge in [0.25, 0.3) is 0 Å². The van der Waals surface area contributed by atoms with Gasteiger partial charge >= 0.3 is 0 Å². The second-order valence-corrected chi connectivity index (χ2v) is 7.90. The number of hydrogen-bond donors (Lipinski definition) is 0. The van der Waals surface area contributed by atoms with E-state index < -0.39 is 0 Å². The number of hydrogen-bond acceptors (Lipinski definition) is 1. The van der Waals surface area contributed by atoms with E-state index in [1.807, 2.05) is 6.07 Å². The zero-order chi connectivity index (χ0) is 19.4. The predicted molar refractivity (Wildman–Crippen MR) is 120 cm³/mol. The molecule has 0 fully saturated rings. The van der Waals surface area contributed by atoms with E-state index in [1.54, 1.807) is 0 Å². The predicted octanol–water partition coefficient (Wildman–Crippen LogP) is 5.99. The molecule has 0 spiro atoms. The summed E-state index contributed by atoms with van der Waals surface area (Å²) < 4.78 is 11.9. The van der Waals surface area contributed by atoms with Gasteiger partial charge in [0.1, 0.15) is 0 Å². The first-order chi connectivity index (χ1) is 13.8. The highest BCUT2D eigenvalue weighted by molar-refractivity contribution is 7.67. The first-order valence-corrected chi connectivity index (χ1v) is 10.6. The lowest BCUT2D eigenvalue weighted by molar-refractivity contribution is 0.559. The van der Waals surface area contributed by atoms with E-state index in [1.165, 1.54) is 22.3 Å². The number of benzene rings is 3. The van der Waals surface area contributed by atoms with Crippen LogP contribution >= 0.6 is 0 Å². The Hall–Kier alpha value is -2.71. The molecule has 0 saturated carbocycles. The molecule has 0 unspecified atom stereocenters. The summed E-state index contributed by atoms with van der Waals surface area (Å²) in [6.45, 7) is 2.24. The topological polar surface area (TPSA) is 17.1 Å². The molecule has 3 aromatic carbocycles. The lowest BCUT2D eigenvalue weighted by Crippen LogP contribution is -2.29. The molecule has 0 amide bonds. The minimum atomic E-state index is -0.272. The molecule has 0 atom stereocenters. The van der Waals surface area contributed by atoms with Crippen LogP contribution in [-0.4, -0.2) is 9.07 Å². The largest absolute Gasteiger partial charge is 0.212 e. The van der Waals surface area contributed by atoms with Gasteiger partial charge in [-0.1, -0.05) is 105 Å². The highest BCUT2D eigenvalue weighted by Crippen LogP contribution is 2.50. The van der Waals surface area contributed by atoms with Crippen molar-refractivity contribution >= 4 is 21.7 Å². The van der Waals surface area contributed by atoms with Crippen LogP contribution in [0.3, 0.4) is 0 Å². The monoisotopic (exact) mass is 384 g/mol. The molecule has 1 nitrogen and oxygen atoms in total. The zero-order valence-corrected chi connectivity index (χ0v) is 16.9. The van der Waals surface area contributed by atoms with Crippen molar-refractivity contribution in [3.05, 3.63) is 113 Å². The van der Waals surface area contributed by atoms with Crippen LogP contribution in [0.25, 0.3) is 5.57 Å². The van der Waals surface area contributed by atoms with Gasteiger partial charge in [0.2, 0.25) is 0 Å². The van der Waals surface area contributed by atoms with Gasteiger partial charge < -0.3 is 0 Å². The van der Waals surface area contributed by atoms with Crippen LogP contribution in [0.1, 0.15) is 48.4 Å². The van der Waals surface area contributed by atoms with Crippen LogP contribution in [0.15, 0.2) is 91.0 Å². The molecular weight excluding hydrogens is 360 g/mol. The molecule has 3 aromatic rings. The van der Waals surface area contributed by atoms with Crippen LogP contribution in [0.2, 0.25) is 0 Å². The van der Waals surface area contributed by atoms with E-state index >= 15 is 0 Å². The van der Waals surface area contributed by atoms with Gasteiger partial charge in [0.05, 0.1) is 16.1 Å². The highest BCUT2D eigenvalue weighted by atomic mass is 32.1. The molecule has 1 aliphatic rings. The molecule has 0 N–H and O–H groups in total. The minimum absolute atomic E-state index is 0.272. The Morgan fingerprint density at radius 2 is 1.29 bits per heavy atom. The SMILES string of the molecule is CCCCC(C1=CC(=S=O)c2ccccc21)(c1ccccc1)c1ccccc1. The normalized spacial score (nSPS) is 13.2. The first-order valence-electron chi connectivity index (χ1n) is 9.91. The summed E-state index contributed by atoms with van der Waals surface area (Å²) >= 11 is 0.599. The van der Waals surface area contributed by atoms with Crippen LogP contribution in [0.4, 0.5) is 0 Å². The molecule has 0 heterocycles. The van der Waals surface area contributed by atoms with Crippen molar-refractivity contribution in [2.75, 3.05) is 0 Å². The lowest BCUT2D eigenvalue weighted by atomic mass is 9.65. The summed E-state index contributed by atoms with van der Waals surface area (Å²) in [6.07, 6.45) is 5.39. The molecule has 0 radical (unpaired) electrons. The average molecular weight is 385 g/mol.